The van der Waals surface area contributed by atoms with Crippen LogP contribution in [0, 0.1) is 6.92 Å². The number of phenols is 1. The van der Waals surface area contributed by atoms with Gasteiger partial charge in [0.15, 0.2) is 0 Å². The van der Waals surface area contributed by atoms with Gasteiger partial charge in [-0.05, 0) is 36.1 Å². The van der Waals surface area contributed by atoms with E-state index in [1.165, 1.54) is 12.1 Å². The fraction of sp³-hybridized carbons (Fsp3) is 0.0909. The molecule has 90 valence electrons. The standard InChI is InChI=1S/C11H11NO3S2/c1-8-4-5-10(13)9(7-8)12-17(14,15)11-3-2-6-16-11/h2-7,12-13H,1H3. The number of aryl methyl sites for hydroxylation is 1. The molecule has 0 saturated carbocycles. The minimum absolute atomic E-state index is 0.0873. The zero-order chi connectivity index (χ0) is 12.5. The summed E-state index contributed by atoms with van der Waals surface area (Å²) in [6.45, 7) is 1.82. The number of hydrogen-bond acceptors (Lipinski definition) is 4. The van der Waals surface area contributed by atoms with E-state index in [1.807, 2.05) is 6.92 Å². The van der Waals surface area contributed by atoms with Crippen LogP contribution in [0.3, 0.4) is 0 Å². The van der Waals surface area contributed by atoms with Crippen LogP contribution in [0.15, 0.2) is 39.9 Å². The molecule has 0 radical (unpaired) electrons. The first kappa shape index (κ1) is 11.9. The Kier molecular flexibility index (Phi) is 3.08. The van der Waals surface area contributed by atoms with Crippen LogP contribution in [0.4, 0.5) is 5.69 Å². The van der Waals surface area contributed by atoms with Crippen LogP contribution in [0.25, 0.3) is 0 Å². The van der Waals surface area contributed by atoms with Gasteiger partial charge in [0.1, 0.15) is 9.96 Å². The highest BCUT2D eigenvalue weighted by Crippen LogP contribution is 2.27. The van der Waals surface area contributed by atoms with E-state index in [-0.39, 0.29) is 15.6 Å². The smallest absolute Gasteiger partial charge is 0.271 e. The third kappa shape index (κ3) is 2.59. The molecule has 6 heteroatoms. The lowest BCUT2D eigenvalue weighted by Gasteiger charge is -2.08. The summed E-state index contributed by atoms with van der Waals surface area (Å²) in [7, 11) is -3.60. The molecule has 0 aliphatic heterocycles. The van der Waals surface area contributed by atoms with Crippen molar-refractivity contribution < 1.29 is 13.5 Å². The Balaban J connectivity index is 2.36. The maximum Gasteiger partial charge on any atom is 0.271 e. The van der Waals surface area contributed by atoms with Crippen LogP contribution in [0.5, 0.6) is 5.75 Å². The van der Waals surface area contributed by atoms with E-state index in [9.17, 15) is 13.5 Å². The number of nitrogens with one attached hydrogen (secondary N) is 1. The molecule has 0 bridgehead atoms. The van der Waals surface area contributed by atoms with Gasteiger partial charge in [-0.1, -0.05) is 12.1 Å². The van der Waals surface area contributed by atoms with Crippen molar-refractivity contribution in [1.82, 2.24) is 0 Å². The van der Waals surface area contributed by atoms with E-state index in [2.05, 4.69) is 4.72 Å². The minimum Gasteiger partial charge on any atom is -0.506 e. The van der Waals surface area contributed by atoms with E-state index in [0.29, 0.717) is 0 Å². The van der Waals surface area contributed by atoms with Crippen LogP contribution in [-0.2, 0) is 10.0 Å². The summed E-state index contributed by atoms with van der Waals surface area (Å²) in [5, 5.41) is 11.3. The second-order valence-corrected chi connectivity index (χ2v) is 6.42. The second kappa shape index (κ2) is 4.38. The third-order valence-corrected chi connectivity index (χ3v) is 4.92. The fourth-order valence-corrected chi connectivity index (χ4v) is 3.40. The molecule has 0 atom stereocenters. The Morgan fingerprint density at radius 1 is 1.29 bits per heavy atom. The summed E-state index contributed by atoms with van der Waals surface area (Å²) < 4.78 is 26.4. The fourth-order valence-electron chi connectivity index (χ4n) is 1.34. The molecule has 17 heavy (non-hydrogen) atoms. The number of rotatable bonds is 3. The average molecular weight is 269 g/mol. The summed E-state index contributed by atoms with van der Waals surface area (Å²) in [6.07, 6.45) is 0. The van der Waals surface area contributed by atoms with Gasteiger partial charge in [0.05, 0.1) is 5.69 Å². The largest absolute Gasteiger partial charge is 0.506 e. The molecule has 0 unspecified atom stereocenters. The van der Waals surface area contributed by atoms with Crippen molar-refractivity contribution >= 4 is 27.0 Å². The lowest BCUT2D eigenvalue weighted by Crippen LogP contribution is -2.11. The molecule has 0 amide bonds. The molecule has 0 spiro atoms. The molecule has 0 saturated heterocycles. The van der Waals surface area contributed by atoms with E-state index in [0.717, 1.165) is 16.9 Å². The van der Waals surface area contributed by atoms with Crippen molar-refractivity contribution in [3.63, 3.8) is 0 Å². The second-order valence-electron chi connectivity index (χ2n) is 3.56. The molecule has 1 aromatic carbocycles. The van der Waals surface area contributed by atoms with Crippen LogP contribution in [0.1, 0.15) is 5.56 Å². The van der Waals surface area contributed by atoms with Gasteiger partial charge in [-0.2, -0.15) is 0 Å². The van der Waals surface area contributed by atoms with Crippen LogP contribution >= 0.6 is 11.3 Å². The van der Waals surface area contributed by atoms with Gasteiger partial charge in [-0.15, -0.1) is 11.3 Å². The van der Waals surface area contributed by atoms with Gasteiger partial charge in [0, 0.05) is 0 Å². The highest BCUT2D eigenvalue weighted by molar-refractivity contribution is 7.94. The van der Waals surface area contributed by atoms with Gasteiger partial charge >= 0.3 is 0 Å². The van der Waals surface area contributed by atoms with Gasteiger partial charge < -0.3 is 5.11 Å². The van der Waals surface area contributed by atoms with Crippen molar-refractivity contribution in [2.24, 2.45) is 0 Å². The molecule has 1 heterocycles. The Bertz CT molecular complexity index is 618. The zero-order valence-corrected chi connectivity index (χ0v) is 10.7. The monoisotopic (exact) mass is 269 g/mol. The third-order valence-electron chi connectivity index (χ3n) is 2.16. The van der Waals surface area contributed by atoms with Gasteiger partial charge in [-0.3, -0.25) is 4.72 Å². The van der Waals surface area contributed by atoms with Crippen molar-refractivity contribution in [1.29, 1.82) is 0 Å². The average Bonchev–Trinajstić information content (AvgIpc) is 2.77. The molecule has 4 nitrogen and oxygen atoms in total. The zero-order valence-electron chi connectivity index (χ0n) is 9.04. The molecule has 0 aliphatic rings. The summed E-state index contributed by atoms with van der Waals surface area (Å²) in [5.41, 5.74) is 1.06. The number of benzene rings is 1. The van der Waals surface area contributed by atoms with Crippen LogP contribution in [-0.4, -0.2) is 13.5 Å². The van der Waals surface area contributed by atoms with E-state index >= 15 is 0 Å². The van der Waals surface area contributed by atoms with Crippen molar-refractivity contribution in [2.45, 2.75) is 11.1 Å². The van der Waals surface area contributed by atoms with Crippen molar-refractivity contribution in [3.05, 3.63) is 41.3 Å². The lowest BCUT2D eigenvalue weighted by molar-refractivity contribution is 0.477. The quantitative estimate of drug-likeness (QED) is 0.842. The molecular weight excluding hydrogens is 258 g/mol. The molecule has 2 aromatic rings. The highest BCUT2D eigenvalue weighted by atomic mass is 32.2. The highest BCUT2D eigenvalue weighted by Gasteiger charge is 2.16. The molecule has 0 aliphatic carbocycles. The molecule has 1 aromatic heterocycles. The van der Waals surface area contributed by atoms with Crippen molar-refractivity contribution in [2.75, 3.05) is 4.72 Å². The van der Waals surface area contributed by atoms with Gasteiger partial charge in [0.25, 0.3) is 10.0 Å². The predicted octanol–water partition coefficient (Wildman–Crippen LogP) is 2.56. The molecule has 2 N–H and O–H groups in total. The first-order valence-corrected chi connectivity index (χ1v) is 7.21. The maximum absolute atomic E-state index is 11.9. The van der Waals surface area contributed by atoms with Gasteiger partial charge in [0.2, 0.25) is 0 Å². The first-order valence-electron chi connectivity index (χ1n) is 4.85. The minimum atomic E-state index is -3.60. The number of aromatic hydroxyl groups is 1. The summed E-state index contributed by atoms with van der Waals surface area (Å²) in [6, 6.07) is 7.93. The lowest BCUT2D eigenvalue weighted by atomic mass is 10.2. The molecule has 2 rings (SSSR count). The normalized spacial score (nSPS) is 11.4. The van der Waals surface area contributed by atoms with E-state index in [4.69, 9.17) is 0 Å². The maximum atomic E-state index is 11.9. The van der Waals surface area contributed by atoms with Crippen LogP contribution in [0.2, 0.25) is 0 Å². The number of sulfonamides is 1. The summed E-state index contributed by atoms with van der Waals surface area (Å²) in [5.74, 6) is -0.0873. The number of hydrogen-bond donors (Lipinski definition) is 2. The predicted molar refractivity (Wildman–Crippen MR) is 68.0 cm³/mol. The Hall–Kier alpha value is -1.53. The van der Waals surface area contributed by atoms with Crippen LogP contribution < -0.4 is 4.72 Å². The summed E-state index contributed by atoms with van der Waals surface area (Å²) in [4.78, 5) is 0. The van der Waals surface area contributed by atoms with E-state index in [1.54, 1.807) is 23.6 Å². The Morgan fingerprint density at radius 3 is 2.71 bits per heavy atom. The topological polar surface area (TPSA) is 66.4 Å². The summed E-state index contributed by atoms with van der Waals surface area (Å²) >= 11 is 1.13. The van der Waals surface area contributed by atoms with Crippen molar-refractivity contribution in [3.8, 4) is 5.75 Å². The number of anilines is 1. The van der Waals surface area contributed by atoms with E-state index < -0.39 is 10.0 Å². The molecular formula is C11H11NO3S2. The Morgan fingerprint density at radius 2 is 2.06 bits per heavy atom. The van der Waals surface area contributed by atoms with Gasteiger partial charge in [-0.25, -0.2) is 8.42 Å². The number of thiophene rings is 1. The first-order chi connectivity index (χ1) is 7.99. The molecule has 0 fully saturated rings. The number of phenolic OH excluding ortho intramolecular Hbond substituents is 1. The Labute approximate surface area is 104 Å². The SMILES string of the molecule is Cc1ccc(O)c(NS(=O)(=O)c2cccs2)c1.